The molecule has 0 spiro atoms. The topological polar surface area (TPSA) is 46.2 Å². The number of halogens is 1. The smallest absolute Gasteiger partial charge is 0.255 e. The molecule has 3 aromatic carbocycles. The molecular weight excluding hydrogens is 346 g/mol. The molecule has 3 rings (SSSR count). The van der Waals surface area contributed by atoms with Crippen LogP contribution in [0.5, 0.6) is 0 Å². The van der Waals surface area contributed by atoms with Gasteiger partial charge in [0.05, 0.1) is 0 Å². The van der Waals surface area contributed by atoms with E-state index in [2.05, 4.69) is 5.32 Å². The molecule has 0 fully saturated rings. The van der Waals surface area contributed by atoms with Crippen LogP contribution in [0, 0.1) is 0 Å². The van der Waals surface area contributed by atoms with E-state index in [-0.39, 0.29) is 11.7 Å². The molecule has 0 aromatic heterocycles. The van der Waals surface area contributed by atoms with E-state index >= 15 is 0 Å². The Bertz CT molecular complexity index is 947. The van der Waals surface area contributed by atoms with E-state index in [1.807, 2.05) is 36.4 Å². The third-order valence-electron chi connectivity index (χ3n) is 3.78. The number of allylic oxidation sites excluding steroid dienone is 1. The number of hydrogen-bond donors (Lipinski definition) is 1. The van der Waals surface area contributed by atoms with Crippen molar-refractivity contribution in [1.29, 1.82) is 0 Å². The van der Waals surface area contributed by atoms with Gasteiger partial charge in [-0.2, -0.15) is 0 Å². The van der Waals surface area contributed by atoms with Crippen LogP contribution in [0.25, 0.3) is 6.08 Å². The Kier molecular flexibility index (Phi) is 5.62. The quantitative estimate of drug-likeness (QED) is 0.482. The molecule has 128 valence electrons. The summed E-state index contributed by atoms with van der Waals surface area (Å²) < 4.78 is 0. The average Bonchev–Trinajstić information content (AvgIpc) is 2.68. The minimum absolute atomic E-state index is 0.133. The Morgan fingerprint density at radius 1 is 0.769 bits per heavy atom. The van der Waals surface area contributed by atoms with Crippen LogP contribution in [0.3, 0.4) is 0 Å². The molecule has 0 atom stereocenters. The minimum atomic E-state index is -0.191. The van der Waals surface area contributed by atoms with E-state index in [4.69, 9.17) is 11.6 Å². The summed E-state index contributed by atoms with van der Waals surface area (Å²) in [5, 5.41) is 3.40. The van der Waals surface area contributed by atoms with E-state index in [1.165, 1.54) is 6.08 Å². The molecule has 0 saturated carbocycles. The molecule has 1 amide bonds. The van der Waals surface area contributed by atoms with E-state index in [1.54, 1.807) is 48.5 Å². The Morgan fingerprint density at radius 3 is 2.12 bits per heavy atom. The Hall–Kier alpha value is -3.17. The highest BCUT2D eigenvalue weighted by molar-refractivity contribution is 6.32. The standard InChI is InChI=1S/C22H16ClNO2/c23-20-9-5-4-6-16(20)12-15-21(25)17-10-13-19(14-11-17)24-22(26)18-7-2-1-3-8-18/h1-15H,(H,24,26). The molecule has 0 radical (unpaired) electrons. The van der Waals surface area contributed by atoms with Gasteiger partial charge in [-0.3, -0.25) is 9.59 Å². The minimum Gasteiger partial charge on any atom is -0.322 e. The van der Waals surface area contributed by atoms with Crippen LogP contribution in [0.15, 0.2) is 84.9 Å². The van der Waals surface area contributed by atoms with Gasteiger partial charge >= 0.3 is 0 Å². The lowest BCUT2D eigenvalue weighted by molar-refractivity contribution is 0.102. The molecule has 3 aromatic rings. The first-order chi connectivity index (χ1) is 12.6. The predicted molar refractivity (Wildman–Crippen MR) is 106 cm³/mol. The Morgan fingerprint density at radius 2 is 1.42 bits per heavy atom. The Labute approximate surface area is 156 Å². The van der Waals surface area contributed by atoms with Crippen molar-refractivity contribution in [1.82, 2.24) is 0 Å². The van der Waals surface area contributed by atoms with Gasteiger partial charge < -0.3 is 5.32 Å². The normalized spacial score (nSPS) is 10.7. The number of carbonyl (C=O) groups is 2. The third kappa shape index (κ3) is 4.47. The number of rotatable bonds is 5. The molecule has 0 bridgehead atoms. The fraction of sp³-hybridized carbons (Fsp3) is 0. The molecule has 0 aliphatic heterocycles. The first kappa shape index (κ1) is 17.6. The Balaban J connectivity index is 1.66. The van der Waals surface area contributed by atoms with Crippen molar-refractivity contribution < 1.29 is 9.59 Å². The lowest BCUT2D eigenvalue weighted by atomic mass is 10.1. The molecule has 4 heteroatoms. The number of benzene rings is 3. The predicted octanol–water partition coefficient (Wildman–Crippen LogP) is 5.49. The van der Waals surface area contributed by atoms with E-state index in [9.17, 15) is 9.59 Å². The van der Waals surface area contributed by atoms with Gasteiger partial charge in [0.2, 0.25) is 0 Å². The van der Waals surface area contributed by atoms with E-state index in [0.717, 1.165) is 5.56 Å². The highest BCUT2D eigenvalue weighted by atomic mass is 35.5. The fourth-order valence-corrected chi connectivity index (χ4v) is 2.58. The highest BCUT2D eigenvalue weighted by Gasteiger charge is 2.06. The van der Waals surface area contributed by atoms with Crippen LogP contribution in [0.1, 0.15) is 26.3 Å². The van der Waals surface area contributed by atoms with Gasteiger partial charge in [-0.25, -0.2) is 0 Å². The molecule has 0 heterocycles. The molecule has 26 heavy (non-hydrogen) atoms. The van der Waals surface area contributed by atoms with Gasteiger partial charge in [0.25, 0.3) is 5.91 Å². The second kappa shape index (κ2) is 8.28. The lowest BCUT2D eigenvalue weighted by Crippen LogP contribution is -2.11. The monoisotopic (exact) mass is 361 g/mol. The molecule has 0 aliphatic carbocycles. The van der Waals surface area contributed by atoms with Gasteiger partial charge in [-0.15, -0.1) is 0 Å². The number of hydrogen-bond acceptors (Lipinski definition) is 2. The van der Waals surface area contributed by atoms with Crippen LogP contribution in [0.2, 0.25) is 5.02 Å². The summed E-state index contributed by atoms with van der Waals surface area (Å²) in [7, 11) is 0. The summed E-state index contributed by atoms with van der Waals surface area (Å²) >= 11 is 6.07. The van der Waals surface area contributed by atoms with Crippen molar-refractivity contribution in [2.24, 2.45) is 0 Å². The highest BCUT2D eigenvalue weighted by Crippen LogP contribution is 2.17. The van der Waals surface area contributed by atoms with E-state index in [0.29, 0.717) is 21.8 Å². The molecular formula is C22H16ClNO2. The van der Waals surface area contributed by atoms with Crippen molar-refractivity contribution in [3.05, 3.63) is 107 Å². The number of amides is 1. The SMILES string of the molecule is O=C(C=Cc1ccccc1Cl)c1ccc(NC(=O)c2ccccc2)cc1. The fourth-order valence-electron chi connectivity index (χ4n) is 2.38. The second-order valence-corrected chi connectivity index (χ2v) is 6.02. The zero-order valence-corrected chi connectivity index (χ0v) is 14.6. The zero-order chi connectivity index (χ0) is 18.4. The largest absolute Gasteiger partial charge is 0.322 e. The molecule has 0 aliphatic rings. The van der Waals surface area contributed by atoms with Gasteiger partial charge in [-0.1, -0.05) is 48.0 Å². The number of nitrogens with one attached hydrogen (secondary N) is 1. The summed E-state index contributed by atoms with van der Waals surface area (Å²) in [6.07, 6.45) is 3.18. The average molecular weight is 362 g/mol. The maximum Gasteiger partial charge on any atom is 0.255 e. The van der Waals surface area contributed by atoms with Crippen LogP contribution < -0.4 is 5.32 Å². The molecule has 0 saturated heterocycles. The van der Waals surface area contributed by atoms with Crippen LogP contribution >= 0.6 is 11.6 Å². The van der Waals surface area contributed by atoms with Crippen LogP contribution in [-0.2, 0) is 0 Å². The van der Waals surface area contributed by atoms with Crippen molar-refractivity contribution in [3.63, 3.8) is 0 Å². The maximum absolute atomic E-state index is 12.3. The molecule has 3 nitrogen and oxygen atoms in total. The third-order valence-corrected chi connectivity index (χ3v) is 4.13. The van der Waals surface area contributed by atoms with Gasteiger partial charge in [-0.05, 0) is 60.2 Å². The second-order valence-electron chi connectivity index (χ2n) is 5.62. The number of anilines is 1. The van der Waals surface area contributed by atoms with Crippen molar-refractivity contribution in [3.8, 4) is 0 Å². The van der Waals surface area contributed by atoms with Crippen molar-refractivity contribution in [2.45, 2.75) is 0 Å². The summed E-state index contributed by atoms with van der Waals surface area (Å²) in [6, 6.07) is 23.0. The van der Waals surface area contributed by atoms with Crippen LogP contribution in [0.4, 0.5) is 5.69 Å². The van der Waals surface area contributed by atoms with Gasteiger partial charge in [0.15, 0.2) is 5.78 Å². The summed E-state index contributed by atoms with van der Waals surface area (Å²) in [5.41, 5.74) is 2.53. The summed E-state index contributed by atoms with van der Waals surface area (Å²) in [4.78, 5) is 24.4. The van der Waals surface area contributed by atoms with Crippen molar-refractivity contribution >= 4 is 35.1 Å². The lowest BCUT2D eigenvalue weighted by Gasteiger charge is -2.05. The maximum atomic E-state index is 12.3. The van der Waals surface area contributed by atoms with E-state index < -0.39 is 0 Å². The van der Waals surface area contributed by atoms with Gasteiger partial charge in [0.1, 0.15) is 0 Å². The summed E-state index contributed by atoms with van der Waals surface area (Å²) in [6.45, 7) is 0. The van der Waals surface area contributed by atoms with Crippen molar-refractivity contribution in [2.75, 3.05) is 5.32 Å². The van der Waals surface area contributed by atoms with Gasteiger partial charge in [0, 0.05) is 21.8 Å². The summed E-state index contributed by atoms with van der Waals surface area (Å²) in [5.74, 6) is -0.325. The number of ketones is 1. The molecule has 1 N–H and O–H groups in total. The van der Waals surface area contributed by atoms with Crippen LogP contribution in [-0.4, -0.2) is 11.7 Å². The number of carbonyl (C=O) groups excluding carboxylic acids is 2. The zero-order valence-electron chi connectivity index (χ0n) is 13.9. The molecule has 0 unspecified atom stereocenters. The first-order valence-electron chi connectivity index (χ1n) is 8.07. The first-order valence-corrected chi connectivity index (χ1v) is 8.45.